The monoisotopic (exact) mass is 393 g/mol. The number of ether oxygens (including phenoxy) is 2. The lowest BCUT2D eigenvalue weighted by Gasteiger charge is -2.27. The van der Waals surface area contributed by atoms with Gasteiger partial charge in [-0.1, -0.05) is 24.3 Å². The molecule has 0 aliphatic carbocycles. The Morgan fingerprint density at radius 1 is 1.28 bits per heavy atom. The van der Waals surface area contributed by atoms with Crippen LogP contribution in [0.2, 0.25) is 0 Å². The number of nitrogens with zero attached hydrogens (tertiary/aromatic N) is 1. The first-order valence-corrected chi connectivity index (χ1v) is 8.09. The number of hydrogen-bond donors (Lipinski definition) is 2. The largest absolute Gasteiger partial charge is 0.380 e. The van der Waals surface area contributed by atoms with E-state index in [0.29, 0.717) is 19.5 Å². The molecular formula is C17H29Cl2N3O3. The maximum atomic E-state index is 12.0. The molecule has 0 radical (unpaired) electrons. The summed E-state index contributed by atoms with van der Waals surface area (Å²) in [6, 6.07) is 8.22. The van der Waals surface area contributed by atoms with Gasteiger partial charge in [-0.05, 0) is 11.1 Å². The molecule has 3 N–H and O–H groups in total. The maximum Gasteiger partial charge on any atom is 0.222 e. The summed E-state index contributed by atoms with van der Waals surface area (Å²) in [7, 11) is 1.57. The second kappa shape index (κ2) is 13.3. The van der Waals surface area contributed by atoms with Gasteiger partial charge in [-0.15, -0.1) is 24.8 Å². The van der Waals surface area contributed by atoms with Gasteiger partial charge in [0.2, 0.25) is 5.91 Å². The van der Waals surface area contributed by atoms with Crippen LogP contribution in [-0.2, 0) is 27.4 Å². The van der Waals surface area contributed by atoms with Gasteiger partial charge in [-0.25, -0.2) is 0 Å². The van der Waals surface area contributed by atoms with Crippen molar-refractivity contribution in [1.29, 1.82) is 0 Å². The average Bonchev–Trinajstić information content (AvgIpc) is 2.60. The lowest BCUT2D eigenvalue weighted by atomic mass is 10.1. The third-order valence-corrected chi connectivity index (χ3v) is 4.10. The van der Waals surface area contributed by atoms with E-state index in [1.54, 1.807) is 7.11 Å². The van der Waals surface area contributed by atoms with E-state index in [1.165, 1.54) is 5.56 Å². The van der Waals surface area contributed by atoms with Crippen molar-refractivity contribution in [2.75, 3.05) is 40.0 Å². The SMILES string of the molecule is COC(CN)CC(=O)NCc1ccccc1CN1CCOCC1.Cl.Cl. The summed E-state index contributed by atoms with van der Waals surface area (Å²) in [5.41, 5.74) is 7.94. The van der Waals surface area contributed by atoms with Gasteiger partial charge in [-0.3, -0.25) is 9.69 Å². The third-order valence-electron chi connectivity index (χ3n) is 4.10. The van der Waals surface area contributed by atoms with E-state index in [1.807, 2.05) is 12.1 Å². The predicted molar refractivity (Wildman–Crippen MR) is 103 cm³/mol. The molecule has 8 heteroatoms. The van der Waals surface area contributed by atoms with E-state index < -0.39 is 0 Å². The van der Waals surface area contributed by atoms with Gasteiger partial charge in [0.1, 0.15) is 0 Å². The predicted octanol–water partition coefficient (Wildman–Crippen LogP) is 1.34. The fourth-order valence-corrected chi connectivity index (χ4v) is 2.62. The number of nitrogens with two attached hydrogens (primary N) is 1. The summed E-state index contributed by atoms with van der Waals surface area (Å²) in [6.45, 7) is 5.24. The van der Waals surface area contributed by atoms with Crippen molar-refractivity contribution >= 4 is 30.7 Å². The molecular weight excluding hydrogens is 365 g/mol. The summed E-state index contributed by atoms with van der Waals surface area (Å²) in [6.07, 6.45) is 0.0668. The molecule has 0 saturated carbocycles. The fraction of sp³-hybridized carbons (Fsp3) is 0.588. The summed E-state index contributed by atoms with van der Waals surface area (Å²) >= 11 is 0. The minimum Gasteiger partial charge on any atom is -0.380 e. The Morgan fingerprint density at radius 2 is 1.92 bits per heavy atom. The van der Waals surface area contributed by atoms with E-state index in [0.717, 1.165) is 38.4 Å². The van der Waals surface area contributed by atoms with E-state index in [9.17, 15) is 4.79 Å². The fourth-order valence-electron chi connectivity index (χ4n) is 2.62. The van der Waals surface area contributed by atoms with Crippen LogP contribution in [0.5, 0.6) is 0 Å². The molecule has 1 amide bonds. The zero-order chi connectivity index (χ0) is 16.5. The molecule has 25 heavy (non-hydrogen) atoms. The molecule has 0 aromatic heterocycles. The first kappa shape index (κ1) is 24.1. The standard InChI is InChI=1S/C17H27N3O3.2ClH/c1-22-16(11-18)10-17(21)19-12-14-4-2-3-5-15(14)13-20-6-8-23-9-7-20;;/h2-5,16H,6-13,18H2,1H3,(H,19,21);2*1H. The molecule has 2 rings (SSSR count). The second-order valence-electron chi connectivity index (χ2n) is 5.73. The van der Waals surface area contributed by atoms with Crippen molar-refractivity contribution in [3.63, 3.8) is 0 Å². The van der Waals surface area contributed by atoms with Crippen molar-refractivity contribution in [2.45, 2.75) is 25.6 Å². The van der Waals surface area contributed by atoms with Gasteiger partial charge in [-0.2, -0.15) is 0 Å². The maximum absolute atomic E-state index is 12.0. The summed E-state index contributed by atoms with van der Waals surface area (Å²) < 4.78 is 10.5. The smallest absolute Gasteiger partial charge is 0.222 e. The van der Waals surface area contributed by atoms with E-state index in [4.69, 9.17) is 15.2 Å². The third kappa shape index (κ3) is 8.35. The Morgan fingerprint density at radius 3 is 2.52 bits per heavy atom. The average molecular weight is 394 g/mol. The second-order valence-corrected chi connectivity index (χ2v) is 5.73. The topological polar surface area (TPSA) is 76.8 Å². The van der Waals surface area contributed by atoms with Gasteiger partial charge in [0, 0.05) is 39.8 Å². The number of carbonyl (C=O) groups is 1. The normalized spacial score (nSPS) is 15.6. The summed E-state index contributed by atoms with van der Waals surface area (Å²) in [5.74, 6) is -0.0384. The number of benzene rings is 1. The van der Waals surface area contributed by atoms with Gasteiger partial charge in [0.05, 0.1) is 25.7 Å². The Bertz CT molecular complexity index is 496. The van der Waals surface area contributed by atoms with Crippen LogP contribution in [0.3, 0.4) is 0 Å². The zero-order valence-corrected chi connectivity index (χ0v) is 16.2. The molecule has 1 unspecified atom stereocenters. The van der Waals surface area contributed by atoms with Gasteiger partial charge < -0.3 is 20.5 Å². The Kier molecular flexibility index (Phi) is 12.9. The van der Waals surface area contributed by atoms with Crippen molar-refractivity contribution in [3.8, 4) is 0 Å². The van der Waals surface area contributed by atoms with Crippen LogP contribution < -0.4 is 11.1 Å². The van der Waals surface area contributed by atoms with Crippen LogP contribution in [0.25, 0.3) is 0 Å². The lowest BCUT2D eigenvalue weighted by molar-refractivity contribution is -0.123. The summed E-state index contributed by atoms with van der Waals surface area (Å²) in [5, 5.41) is 2.96. The molecule has 1 aromatic rings. The van der Waals surface area contributed by atoms with Crippen LogP contribution in [0.15, 0.2) is 24.3 Å². The highest BCUT2D eigenvalue weighted by Gasteiger charge is 2.14. The Labute approximate surface area is 162 Å². The molecule has 1 heterocycles. The van der Waals surface area contributed by atoms with Crippen molar-refractivity contribution in [3.05, 3.63) is 35.4 Å². The number of morpholine rings is 1. The Hall–Kier alpha value is -0.890. The number of methoxy groups -OCH3 is 1. The van der Waals surface area contributed by atoms with E-state index in [-0.39, 0.29) is 36.8 Å². The number of amides is 1. The molecule has 1 atom stereocenters. The van der Waals surface area contributed by atoms with E-state index in [2.05, 4.69) is 22.3 Å². The highest BCUT2D eigenvalue weighted by molar-refractivity contribution is 5.85. The van der Waals surface area contributed by atoms with E-state index >= 15 is 0 Å². The Balaban J connectivity index is 0.00000288. The van der Waals surface area contributed by atoms with Crippen LogP contribution in [0.1, 0.15) is 17.5 Å². The highest BCUT2D eigenvalue weighted by atomic mass is 35.5. The van der Waals surface area contributed by atoms with Crippen LogP contribution >= 0.6 is 24.8 Å². The van der Waals surface area contributed by atoms with Crippen LogP contribution in [0.4, 0.5) is 0 Å². The summed E-state index contributed by atoms with van der Waals surface area (Å²) in [4.78, 5) is 14.3. The molecule has 0 bridgehead atoms. The quantitative estimate of drug-likeness (QED) is 0.696. The number of hydrogen-bond acceptors (Lipinski definition) is 5. The number of carbonyl (C=O) groups excluding carboxylic acids is 1. The van der Waals surface area contributed by atoms with Gasteiger partial charge in [0.15, 0.2) is 0 Å². The molecule has 1 saturated heterocycles. The molecule has 1 aromatic carbocycles. The zero-order valence-electron chi connectivity index (χ0n) is 14.6. The molecule has 1 fully saturated rings. The molecule has 1 aliphatic rings. The molecule has 1 aliphatic heterocycles. The van der Waals surface area contributed by atoms with Gasteiger partial charge in [0.25, 0.3) is 0 Å². The molecule has 6 nitrogen and oxygen atoms in total. The van der Waals surface area contributed by atoms with Crippen LogP contribution in [0, 0.1) is 0 Å². The van der Waals surface area contributed by atoms with Crippen molar-refractivity contribution in [2.24, 2.45) is 5.73 Å². The first-order chi connectivity index (χ1) is 11.2. The van der Waals surface area contributed by atoms with Crippen molar-refractivity contribution in [1.82, 2.24) is 10.2 Å². The molecule has 144 valence electrons. The number of nitrogens with one attached hydrogen (secondary N) is 1. The highest BCUT2D eigenvalue weighted by Crippen LogP contribution is 2.13. The number of rotatable bonds is 8. The minimum atomic E-state index is -0.224. The van der Waals surface area contributed by atoms with Crippen molar-refractivity contribution < 1.29 is 14.3 Å². The van der Waals surface area contributed by atoms with Crippen LogP contribution in [-0.4, -0.2) is 56.9 Å². The molecule has 0 spiro atoms. The number of halogens is 2. The first-order valence-electron chi connectivity index (χ1n) is 8.09. The van der Waals surface area contributed by atoms with Gasteiger partial charge >= 0.3 is 0 Å². The lowest BCUT2D eigenvalue weighted by Crippen LogP contribution is -2.36. The minimum absolute atomic E-state index is 0.